The van der Waals surface area contributed by atoms with Crippen LogP contribution in [-0.2, 0) is 21.6 Å². The predicted molar refractivity (Wildman–Crippen MR) is 119 cm³/mol. The number of benzene rings is 1. The second-order valence-electron chi connectivity index (χ2n) is 7.78. The molecule has 2 atom stereocenters. The van der Waals surface area contributed by atoms with Gasteiger partial charge in [-0.15, -0.1) is 0 Å². The summed E-state index contributed by atoms with van der Waals surface area (Å²) in [6.07, 6.45) is 4.34. The number of nitrogens with zero attached hydrogens (tertiary/aromatic N) is 2. The van der Waals surface area contributed by atoms with Gasteiger partial charge in [-0.25, -0.2) is 0 Å². The minimum atomic E-state index is -3.44. The number of amides is 1. The van der Waals surface area contributed by atoms with Gasteiger partial charge in [-0.2, -0.15) is 28.2 Å². The maximum Gasteiger partial charge on any atom is -0.162 e. The quantitative estimate of drug-likeness (QED) is 0.643. The summed E-state index contributed by atoms with van der Waals surface area (Å²) in [6.45, 7) is 8.18. The summed E-state index contributed by atoms with van der Waals surface area (Å²) in [5.41, 5.74) is 2.30. The van der Waals surface area contributed by atoms with E-state index in [0.717, 1.165) is 32.2 Å². The predicted octanol–water partition coefficient (Wildman–Crippen LogP) is 4.71. The number of carbonyl (C=O) groups excluding carboxylic acids is 1. The van der Waals surface area contributed by atoms with Gasteiger partial charge in [-0.05, 0) is 0 Å². The number of fused-ring (bicyclic) bond motifs is 1. The maximum atomic E-state index is 14.4. The third kappa shape index (κ3) is 5.67. The van der Waals surface area contributed by atoms with E-state index < -0.39 is 28.5 Å². The van der Waals surface area contributed by atoms with Gasteiger partial charge in [0.05, 0.1) is 0 Å². The van der Waals surface area contributed by atoms with Crippen molar-refractivity contribution in [3.63, 3.8) is 0 Å². The largest absolute Gasteiger partial charge is 0.668 e. The molecule has 0 saturated heterocycles. The molecule has 0 saturated carbocycles. The standard InChI is InChI=1S/C8H11.C6H2F2.C5H11NO.2C2H6N.Ti/c1-6-4-7(2)8(3)5-6;7-5-2-1-3-6(8)4-5;1-2-3-4-5(6)7;2*1-3-2;/h4,6H,1-3H3;2,4H;2-4H2,1H3,(H2,6,7);2*1-2H3;/q;;;2*-1;+3/p-1. The molecule has 166 valence electrons. The molecule has 1 aliphatic carbocycles. The Morgan fingerprint density at radius 3 is 2.17 bits per heavy atom. The van der Waals surface area contributed by atoms with E-state index in [1.54, 1.807) is 28.2 Å². The summed E-state index contributed by atoms with van der Waals surface area (Å²) < 4.78 is 33.9. The molecule has 2 unspecified atom stereocenters. The first-order valence-corrected chi connectivity index (χ1v) is 13.4. The molecule has 2 aliphatic rings. The summed E-state index contributed by atoms with van der Waals surface area (Å²) in [6, 6.07) is 2.37. The fourth-order valence-corrected chi connectivity index (χ4v) is 12.0. The number of unbranched alkanes of at least 4 members (excludes halogenated alkanes) is 1. The molecule has 0 spiro atoms. The first kappa shape index (κ1) is 26.7. The average molecular weight is 455 g/mol. The minimum Gasteiger partial charge on any atom is -0.668 e. The minimum absolute atomic E-state index is 0.0371. The third-order valence-corrected chi connectivity index (χ3v) is 12.2. The van der Waals surface area contributed by atoms with Crippen molar-refractivity contribution in [2.24, 2.45) is 5.92 Å². The Hall–Kier alpha value is -1.34. The molecule has 1 N–H and O–H groups in total. The van der Waals surface area contributed by atoms with E-state index >= 15 is 0 Å². The van der Waals surface area contributed by atoms with Crippen molar-refractivity contribution in [3.05, 3.63) is 55.5 Å². The van der Waals surface area contributed by atoms with Crippen LogP contribution in [0.1, 0.15) is 47.0 Å². The summed E-state index contributed by atoms with van der Waals surface area (Å²) in [5, 5.41) is 7.00. The molecule has 0 radical (unpaired) electrons. The van der Waals surface area contributed by atoms with Crippen LogP contribution in [0.15, 0.2) is 33.2 Å². The van der Waals surface area contributed by atoms with E-state index in [-0.39, 0.29) is 11.8 Å². The van der Waals surface area contributed by atoms with Gasteiger partial charge in [-0.3, -0.25) is 0 Å². The van der Waals surface area contributed by atoms with Crippen molar-refractivity contribution in [2.45, 2.75) is 47.0 Å². The Morgan fingerprint density at radius 2 is 1.70 bits per heavy atom. The second-order valence-corrected chi connectivity index (χ2v) is 13.0. The molecule has 1 amide bonds. The van der Waals surface area contributed by atoms with Crippen molar-refractivity contribution in [1.82, 2.24) is 3.80 Å². The van der Waals surface area contributed by atoms with E-state index in [2.05, 4.69) is 27.4 Å². The first-order valence-electron chi connectivity index (χ1n) is 10.3. The van der Waals surface area contributed by atoms with Gasteiger partial charge in [0, 0.05) is 0 Å². The van der Waals surface area contributed by atoms with Crippen molar-refractivity contribution >= 4 is 13.6 Å². The van der Waals surface area contributed by atoms with Crippen LogP contribution in [0.2, 0.25) is 0 Å². The Kier molecular flexibility index (Phi) is 10.6. The zero-order chi connectivity index (χ0) is 23.1. The van der Waals surface area contributed by atoms with Gasteiger partial charge >= 0.3 is 146 Å². The third-order valence-electron chi connectivity index (χ3n) is 5.21. The number of hydrogen-bond donors (Lipinski definition) is 1. The Bertz CT molecular complexity index is 821. The number of rotatable bonds is 5. The van der Waals surface area contributed by atoms with Crippen LogP contribution in [0.4, 0.5) is 8.78 Å². The normalized spacial score (nSPS) is 18.9. The molecule has 0 fully saturated rings. The van der Waals surface area contributed by atoms with Crippen molar-refractivity contribution < 1.29 is 30.4 Å². The number of carbonyl (C=O) groups is 1. The van der Waals surface area contributed by atoms with Crippen LogP contribution >= 0.6 is 0 Å². The molecule has 0 aromatic heterocycles. The van der Waals surface area contributed by atoms with Crippen LogP contribution in [0.5, 0.6) is 0 Å². The van der Waals surface area contributed by atoms with E-state index in [0.29, 0.717) is 10.3 Å². The van der Waals surface area contributed by atoms with Gasteiger partial charge in [0.15, 0.2) is 0 Å². The van der Waals surface area contributed by atoms with E-state index in [4.69, 9.17) is 0 Å². The Labute approximate surface area is 184 Å². The molecule has 1 aromatic carbocycles. The fourth-order valence-electron chi connectivity index (χ4n) is 4.01. The fraction of sp³-hybridized carbons (Fsp3) is 0.522. The van der Waals surface area contributed by atoms with Crippen LogP contribution in [-0.4, -0.2) is 34.1 Å². The molecule has 7 heteroatoms. The molecule has 1 aliphatic heterocycles. The number of halogens is 2. The molecule has 0 bridgehead atoms. The first-order chi connectivity index (χ1) is 14.2. The summed E-state index contributed by atoms with van der Waals surface area (Å²) in [7, 11) is 7.00. The zero-order valence-electron chi connectivity index (χ0n) is 19.5. The molecular formula is C23H35F2N3OTi. The Morgan fingerprint density at radius 1 is 1.13 bits per heavy atom. The summed E-state index contributed by atoms with van der Waals surface area (Å²) >= 11 is -3.44. The molecule has 1 heterocycles. The summed E-state index contributed by atoms with van der Waals surface area (Å²) in [4.78, 5) is 12.5. The molecule has 30 heavy (non-hydrogen) atoms. The van der Waals surface area contributed by atoms with Crippen LogP contribution in [0.3, 0.4) is 0 Å². The topological polar surface area (TPSA) is 57.3 Å². The zero-order valence-corrected chi connectivity index (χ0v) is 21.1. The average Bonchev–Trinajstić information content (AvgIpc) is 3.19. The van der Waals surface area contributed by atoms with E-state index in [1.165, 1.54) is 11.6 Å². The van der Waals surface area contributed by atoms with Gasteiger partial charge in [0.1, 0.15) is 0 Å². The number of allylic oxidation sites excluding steroid dienone is 4. The second kappa shape index (κ2) is 11.9. The van der Waals surface area contributed by atoms with E-state index in [9.17, 15) is 13.6 Å². The van der Waals surface area contributed by atoms with Crippen molar-refractivity contribution in [3.8, 4) is 0 Å². The van der Waals surface area contributed by atoms with Crippen molar-refractivity contribution in [2.75, 3.05) is 28.2 Å². The van der Waals surface area contributed by atoms with Crippen LogP contribution < -0.4 is 11.5 Å². The van der Waals surface area contributed by atoms with Gasteiger partial charge < -0.3 is 10.6 Å². The SMILES string of the molecule is CCCCC(=O)[NH][Ti+2]1([C]2=C(C)C(C)=CC2C)[c]2cc(F)cc(F)[c]21.C[N-]C.C[N-]C. The van der Waals surface area contributed by atoms with Crippen LogP contribution in [0, 0.1) is 17.6 Å². The maximum absolute atomic E-state index is 14.4. The molecule has 3 rings (SSSR count). The molecule has 4 nitrogen and oxygen atoms in total. The monoisotopic (exact) mass is 455 g/mol. The number of hydrogen-bond acceptors (Lipinski definition) is 1. The van der Waals surface area contributed by atoms with E-state index in [1.807, 2.05) is 20.8 Å². The molecule has 1 aromatic rings. The Balaban J connectivity index is 0.000000672. The van der Waals surface area contributed by atoms with Gasteiger partial charge in [-0.1, -0.05) is 0 Å². The van der Waals surface area contributed by atoms with Crippen LogP contribution in [0.25, 0.3) is 10.6 Å². The van der Waals surface area contributed by atoms with Gasteiger partial charge in [0.25, 0.3) is 0 Å². The van der Waals surface area contributed by atoms with Gasteiger partial charge in [0.2, 0.25) is 0 Å². The van der Waals surface area contributed by atoms with Crippen molar-refractivity contribution in [1.29, 1.82) is 0 Å². The number of nitrogens with one attached hydrogen (secondary N) is 1. The summed E-state index contributed by atoms with van der Waals surface area (Å²) in [5.74, 6) is -0.941. The smallest absolute Gasteiger partial charge is 0.162 e. The molecular weight excluding hydrogens is 420 g/mol.